The van der Waals surface area contributed by atoms with Crippen molar-refractivity contribution in [3.63, 3.8) is 0 Å². The Morgan fingerprint density at radius 1 is 1.07 bits per heavy atom. The van der Waals surface area contributed by atoms with Crippen molar-refractivity contribution in [1.82, 2.24) is 20.4 Å². The average Bonchev–Trinajstić information content (AvgIpc) is 2.92. The molecule has 0 spiro atoms. The zero-order valence-electron chi connectivity index (χ0n) is 21.8. The number of piperazine rings is 1. The molecule has 1 unspecified atom stereocenters. The first-order chi connectivity index (χ1) is 19.8. The van der Waals surface area contributed by atoms with Crippen LogP contribution in [0.2, 0.25) is 0 Å². The van der Waals surface area contributed by atoms with Crippen LogP contribution in [0.5, 0.6) is 5.75 Å². The number of rotatable bonds is 7. The molecule has 1 saturated heterocycles. The molecule has 2 aromatic rings. The fourth-order valence-corrected chi connectivity index (χ4v) is 4.62. The number of benzene rings is 2. The molecule has 42 heavy (non-hydrogen) atoms. The zero-order valence-corrected chi connectivity index (χ0v) is 21.8. The summed E-state index contributed by atoms with van der Waals surface area (Å²) in [5.74, 6) is -11.1. The monoisotopic (exact) mass is 588 g/mol. The quantitative estimate of drug-likeness (QED) is 0.215. The molecule has 17 heteroatoms. The first-order valence-corrected chi connectivity index (χ1v) is 12.5. The molecule has 5 amide bonds. The number of carbonyl (C=O) groups is 6. The average molecular weight is 588 g/mol. The van der Waals surface area contributed by atoms with Gasteiger partial charge >= 0.3 is 36.9 Å². The molecule has 14 nitrogen and oxygen atoms in total. The molecule has 1 fully saturated rings. The smallest absolute Gasteiger partial charge is 0.534 e. The first kappa shape index (κ1) is 29.9. The van der Waals surface area contributed by atoms with E-state index in [1.807, 2.05) is 0 Å². The topological polar surface area (TPSA) is 203 Å². The van der Waals surface area contributed by atoms with E-state index in [1.54, 1.807) is 6.92 Å². The summed E-state index contributed by atoms with van der Waals surface area (Å²) in [6.07, 6.45) is -0.156. The van der Waals surface area contributed by atoms with E-state index < -0.39 is 77.6 Å². The highest BCUT2D eigenvalue weighted by atomic mass is 19.1. The van der Waals surface area contributed by atoms with Crippen molar-refractivity contribution in [3.8, 4) is 5.75 Å². The van der Waals surface area contributed by atoms with Gasteiger partial charge in [0.15, 0.2) is 0 Å². The van der Waals surface area contributed by atoms with Gasteiger partial charge in [-0.25, -0.2) is 23.2 Å². The van der Waals surface area contributed by atoms with Gasteiger partial charge in [0.1, 0.15) is 29.0 Å². The predicted molar refractivity (Wildman–Crippen MR) is 136 cm³/mol. The van der Waals surface area contributed by atoms with E-state index in [-0.39, 0.29) is 37.4 Å². The lowest BCUT2D eigenvalue weighted by molar-refractivity contribution is -0.153. The maximum absolute atomic E-state index is 14.6. The van der Waals surface area contributed by atoms with Crippen LogP contribution in [0, 0.1) is 11.6 Å². The molecule has 4 rings (SSSR count). The fraction of sp³-hybridized carbons (Fsp3) is 0.280. The molecule has 0 radical (unpaired) electrons. The van der Waals surface area contributed by atoms with Crippen molar-refractivity contribution in [3.05, 3.63) is 64.2 Å². The summed E-state index contributed by atoms with van der Waals surface area (Å²) in [6.45, 7) is 1.56. The third kappa shape index (κ3) is 5.71. The van der Waals surface area contributed by atoms with Crippen LogP contribution in [0.1, 0.15) is 44.8 Å². The van der Waals surface area contributed by atoms with Gasteiger partial charge in [-0.15, -0.1) is 0 Å². The number of carbonyl (C=O) groups excluding carboxylic acids is 4. The minimum Gasteiger partial charge on any atom is -0.534 e. The van der Waals surface area contributed by atoms with E-state index in [1.165, 1.54) is 23.1 Å². The molecular formula is C25H23BF2N4O10. The van der Waals surface area contributed by atoms with Crippen molar-refractivity contribution in [2.24, 2.45) is 0 Å². The fourth-order valence-electron chi connectivity index (χ4n) is 4.62. The SMILES string of the molecule is CCN1CCN(C(=O)NC(C(=O)N[C@H]2Cc3cccc(C(=O)O)c3OB2O)c2cc(F)c(C(=O)O)c(F)c2)C(=O)C1=O. The number of imide groups is 1. The lowest BCUT2D eigenvalue weighted by Gasteiger charge is -2.33. The number of urea groups is 1. The van der Waals surface area contributed by atoms with Crippen molar-refractivity contribution in [2.75, 3.05) is 19.6 Å². The number of nitrogens with zero attached hydrogens (tertiary/aromatic N) is 2. The number of hydrogen-bond donors (Lipinski definition) is 5. The molecular weight excluding hydrogens is 565 g/mol. The van der Waals surface area contributed by atoms with Crippen LogP contribution in [-0.2, 0) is 20.8 Å². The number of fused-ring (bicyclic) bond motifs is 1. The highest BCUT2D eigenvalue weighted by Crippen LogP contribution is 2.30. The number of carboxylic acid groups (broad SMARTS) is 2. The minimum absolute atomic E-state index is 0.00866. The van der Waals surface area contributed by atoms with E-state index in [4.69, 9.17) is 9.76 Å². The predicted octanol–water partition coefficient (Wildman–Crippen LogP) is -0.0578. The minimum atomic E-state index is -1.96. The molecule has 2 aromatic carbocycles. The Labute approximate surface area is 236 Å². The van der Waals surface area contributed by atoms with Gasteiger partial charge in [0, 0.05) is 19.6 Å². The second-order valence-corrected chi connectivity index (χ2v) is 9.32. The van der Waals surface area contributed by atoms with Gasteiger partial charge in [0.2, 0.25) is 5.91 Å². The zero-order chi connectivity index (χ0) is 30.9. The van der Waals surface area contributed by atoms with Gasteiger partial charge in [0.25, 0.3) is 0 Å². The van der Waals surface area contributed by atoms with E-state index >= 15 is 0 Å². The normalized spacial score (nSPS) is 17.2. The maximum Gasteiger partial charge on any atom is 0.547 e. The Morgan fingerprint density at radius 2 is 1.74 bits per heavy atom. The van der Waals surface area contributed by atoms with Crippen LogP contribution < -0.4 is 15.3 Å². The summed E-state index contributed by atoms with van der Waals surface area (Å²) >= 11 is 0. The summed E-state index contributed by atoms with van der Waals surface area (Å²) in [5, 5.41) is 33.5. The standard InChI is InChI=1S/C25H23BF2N4O10/c1-2-31-6-7-32(22(35)21(31)34)25(40)30-18(12-8-14(27)17(24(38)39)15(28)9-12)20(33)29-16-10-11-4-3-5-13(23(36)37)19(11)42-26(16)41/h3-5,8-9,16,18,41H,2,6-7,10H2,1H3,(H,29,33)(H,30,40)(H,36,37)(H,38,39)/t16-,18?/m0/s1. The third-order valence-corrected chi connectivity index (χ3v) is 6.75. The van der Waals surface area contributed by atoms with Crippen molar-refractivity contribution >= 4 is 42.8 Å². The Balaban J connectivity index is 1.64. The van der Waals surface area contributed by atoms with Crippen LogP contribution in [0.25, 0.3) is 0 Å². The van der Waals surface area contributed by atoms with E-state index in [2.05, 4.69) is 10.6 Å². The summed E-state index contributed by atoms with van der Waals surface area (Å²) < 4.78 is 34.5. The number of amides is 5. The van der Waals surface area contributed by atoms with Crippen molar-refractivity contribution in [2.45, 2.75) is 25.3 Å². The highest BCUT2D eigenvalue weighted by molar-refractivity contribution is 6.47. The van der Waals surface area contributed by atoms with Crippen molar-refractivity contribution < 1.29 is 57.4 Å². The molecule has 0 aromatic heterocycles. The largest absolute Gasteiger partial charge is 0.547 e. The number of para-hydroxylation sites is 1. The molecule has 2 aliphatic rings. The number of nitrogens with one attached hydrogen (secondary N) is 2. The summed E-state index contributed by atoms with van der Waals surface area (Å²) in [7, 11) is -1.79. The van der Waals surface area contributed by atoms with E-state index in [0.717, 1.165) is 0 Å². The number of aromatic carboxylic acids is 2. The lowest BCUT2D eigenvalue weighted by atomic mass is 9.72. The highest BCUT2D eigenvalue weighted by Gasteiger charge is 2.41. The molecule has 220 valence electrons. The summed E-state index contributed by atoms with van der Waals surface area (Å²) in [5.41, 5.74) is -1.82. The molecule has 2 aliphatic heterocycles. The van der Waals surface area contributed by atoms with Gasteiger partial charge in [0.05, 0.1) is 11.5 Å². The Kier molecular flexibility index (Phi) is 8.42. The number of hydrogen-bond acceptors (Lipinski definition) is 8. The number of likely N-dealkylation sites (N-methyl/N-ethyl adjacent to an activating group) is 1. The van der Waals surface area contributed by atoms with Crippen LogP contribution in [0.15, 0.2) is 30.3 Å². The Morgan fingerprint density at radius 3 is 2.33 bits per heavy atom. The lowest BCUT2D eigenvalue weighted by Crippen LogP contribution is -2.60. The van der Waals surface area contributed by atoms with Crippen LogP contribution >= 0.6 is 0 Å². The Bertz CT molecular complexity index is 1480. The van der Waals surface area contributed by atoms with Gasteiger partial charge in [-0.3, -0.25) is 19.3 Å². The molecule has 2 heterocycles. The molecule has 5 N–H and O–H groups in total. The molecule has 2 atom stereocenters. The van der Waals surface area contributed by atoms with E-state index in [9.17, 15) is 47.7 Å². The van der Waals surface area contributed by atoms with E-state index in [0.29, 0.717) is 22.6 Å². The second-order valence-electron chi connectivity index (χ2n) is 9.32. The number of halogens is 2. The molecule has 0 aliphatic carbocycles. The van der Waals surface area contributed by atoms with Crippen LogP contribution in [-0.4, -0.2) is 93.4 Å². The number of carboxylic acids is 2. The van der Waals surface area contributed by atoms with Crippen LogP contribution in [0.3, 0.4) is 0 Å². The first-order valence-electron chi connectivity index (χ1n) is 12.5. The second kappa shape index (κ2) is 11.8. The van der Waals surface area contributed by atoms with Gasteiger partial charge in [-0.1, -0.05) is 12.1 Å². The van der Waals surface area contributed by atoms with Crippen LogP contribution in [0.4, 0.5) is 13.6 Å². The van der Waals surface area contributed by atoms with Gasteiger partial charge < -0.3 is 35.4 Å². The maximum atomic E-state index is 14.6. The van der Waals surface area contributed by atoms with Gasteiger partial charge in [-0.05, 0) is 42.7 Å². The Hall–Kier alpha value is -5.06. The van der Waals surface area contributed by atoms with Crippen molar-refractivity contribution in [1.29, 1.82) is 0 Å². The third-order valence-electron chi connectivity index (χ3n) is 6.75. The molecule has 0 bridgehead atoms. The van der Waals surface area contributed by atoms with Gasteiger partial charge in [-0.2, -0.15) is 0 Å². The molecule has 0 saturated carbocycles. The summed E-state index contributed by atoms with van der Waals surface area (Å²) in [6, 6.07) is 1.92. The summed E-state index contributed by atoms with van der Waals surface area (Å²) in [4.78, 5) is 75.6.